The van der Waals surface area contributed by atoms with Crippen molar-refractivity contribution in [3.8, 4) is 0 Å². The molecule has 0 saturated carbocycles. The Kier molecular flexibility index (Phi) is 5.63. The Morgan fingerprint density at radius 3 is 2.30 bits per heavy atom. The number of carbonyl (C=O) groups excluding carboxylic acids is 2. The predicted octanol–water partition coefficient (Wildman–Crippen LogP) is 1.86. The van der Waals surface area contributed by atoms with Crippen LogP contribution in [0.1, 0.15) is 5.56 Å². The minimum absolute atomic E-state index is 0.0540. The number of rotatable bonds is 5. The maximum atomic E-state index is 11.6. The molecule has 0 spiro atoms. The predicted molar refractivity (Wildman–Crippen MR) is 72.0 cm³/mol. The first-order valence-electron chi connectivity index (χ1n) is 5.49. The van der Waals surface area contributed by atoms with E-state index >= 15 is 0 Å². The summed E-state index contributed by atoms with van der Waals surface area (Å²) in [5.74, 6) is -2.67. The van der Waals surface area contributed by atoms with Crippen LogP contribution in [0, 0.1) is 16.0 Å². The molecule has 0 atom stereocenters. The molecule has 0 N–H and O–H groups in total. The van der Waals surface area contributed by atoms with Gasteiger partial charge in [-0.25, -0.2) is 0 Å². The van der Waals surface area contributed by atoms with Gasteiger partial charge in [-0.3, -0.25) is 19.7 Å². The van der Waals surface area contributed by atoms with Crippen molar-refractivity contribution in [3.05, 3.63) is 38.3 Å². The summed E-state index contributed by atoms with van der Waals surface area (Å²) >= 11 is 3.11. The molecule has 0 radical (unpaired) electrons. The number of nitro benzene ring substituents is 1. The van der Waals surface area contributed by atoms with Crippen LogP contribution in [0.15, 0.2) is 22.7 Å². The molecule has 0 aliphatic rings. The summed E-state index contributed by atoms with van der Waals surface area (Å²) in [6.07, 6.45) is -0.0540. The Balaban J connectivity index is 3.12. The Morgan fingerprint density at radius 2 is 1.85 bits per heavy atom. The molecule has 0 unspecified atom stereocenters. The fraction of sp³-hybridized carbons (Fsp3) is 0.333. The van der Waals surface area contributed by atoms with Crippen molar-refractivity contribution in [2.75, 3.05) is 14.2 Å². The third-order valence-corrected chi connectivity index (χ3v) is 3.57. The molecule has 1 aromatic carbocycles. The molecular weight excluding hydrogens is 334 g/mol. The molecule has 1 rings (SSSR count). The normalized spacial score (nSPS) is 10.2. The Bertz CT molecular complexity index is 529. The average Bonchev–Trinajstić information content (AvgIpc) is 2.44. The molecule has 0 fully saturated rings. The molecule has 7 nitrogen and oxygen atoms in total. The van der Waals surface area contributed by atoms with Crippen molar-refractivity contribution >= 4 is 33.6 Å². The summed E-state index contributed by atoms with van der Waals surface area (Å²) in [6.45, 7) is 0. The maximum Gasteiger partial charge on any atom is 0.320 e. The van der Waals surface area contributed by atoms with E-state index < -0.39 is 22.8 Å². The number of methoxy groups -OCH3 is 2. The Labute approximate surface area is 123 Å². The van der Waals surface area contributed by atoms with Gasteiger partial charge in [0.2, 0.25) is 0 Å². The molecule has 0 aliphatic carbocycles. The molecule has 108 valence electrons. The van der Waals surface area contributed by atoms with Crippen molar-refractivity contribution in [1.29, 1.82) is 0 Å². The second-order valence-electron chi connectivity index (χ2n) is 3.81. The summed E-state index contributed by atoms with van der Waals surface area (Å²) in [5.41, 5.74) is 0.302. The van der Waals surface area contributed by atoms with Crippen molar-refractivity contribution in [2.24, 2.45) is 5.92 Å². The van der Waals surface area contributed by atoms with Crippen LogP contribution in [-0.4, -0.2) is 31.1 Å². The fourth-order valence-corrected chi connectivity index (χ4v) is 2.20. The van der Waals surface area contributed by atoms with Crippen LogP contribution < -0.4 is 0 Å². The van der Waals surface area contributed by atoms with Crippen molar-refractivity contribution < 1.29 is 24.0 Å². The number of hydrogen-bond donors (Lipinski definition) is 0. The SMILES string of the molecule is COC(=O)C(Cc1cccc([N+](=O)[O-])c1Br)C(=O)OC. The number of halogens is 1. The third-order valence-electron chi connectivity index (χ3n) is 2.65. The standard InChI is InChI=1S/C12H12BrNO6/c1-19-11(15)8(12(16)20-2)6-7-4-3-5-9(10(7)13)14(17)18/h3-5,8H,6H2,1-2H3. The second kappa shape index (κ2) is 6.99. The van der Waals surface area contributed by atoms with Crippen LogP contribution in [0.25, 0.3) is 0 Å². The number of benzene rings is 1. The van der Waals surface area contributed by atoms with E-state index in [-0.39, 0.29) is 16.6 Å². The summed E-state index contributed by atoms with van der Waals surface area (Å²) in [6, 6.07) is 4.37. The lowest BCUT2D eigenvalue weighted by atomic mass is 9.99. The van der Waals surface area contributed by atoms with Gasteiger partial charge in [0, 0.05) is 6.07 Å². The van der Waals surface area contributed by atoms with Gasteiger partial charge in [-0.15, -0.1) is 0 Å². The Morgan fingerprint density at radius 1 is 1.30 bits per heavy atom. The highest BCUT2D eigenvalue weighted by Gasteiger charge is 2.30. The minimum Gasteiger partial charge on any atom is -0.468 e. The number of ether oxygens (including phenoxy) is 2. The molecule has 1 aromatic rings. The lowest BCUT2D eigenvalue weighted by Crippen LogP contribution is -2.28. The molecule has 0 aliphatic heterocycles. The number of hydrogen-bond acceptors (Lipinski definition) is 6. The summed E-state index contributed by atoms with van der Waals surface area (Å²) in [7, 11) is 2.31. The van der Waals surface area contributed by atoms with Crippen LogP contribution in [0.3, 0.4) is 0 Å². The largest absolute Gasteiger partial charge is 0.468 e. The highest BCUT2D eigenvalue weighted by molar-refractivity contribution is 9.10. The highest BCUT2D eigenvalue weighted by atomic mass is 79.9. The highest BCUT2D eigenvalue weighted by Crippen LogP contribution is 2.30. The van der Waals surface area contributed by atoms with Crippen molar-refractivity contribution in [1.82, 2.24) is 0 Å². The molecule has 0 heterocycles. The van der Waals surface area contributed by atoms with Crippen molar-refractivity contribution in [3.63, 3.8) is 0 Å². The fourth-order valence-electron chi connectivity index (χ4n) is 1.63. The van der Waals surface area contributed by atoms with E-state index in [4.69, 9.17) is 0 Å². The number of nitrogens with zero attached hydrogens (tertiary/aromatic N) is 1. The monoisotopic (exact) mass is 345 g/mol. The first-order valence-corrected chi connectivity index (χ1v) is 6.29. The van der Waals surface area contributed by atoms with Gasteiger partial charge in [0.25, 0.3) is 5.69 Å². The average molecular weight is 346 g/mol. The lowest BCUT2D eigenvalue weighted by molar-refractivity contribution is -0.385. The number of carbonyl (C=O) groups is 2. The quantitative estimate of drug-likeness (QED) is 0.349. The number of esters is 2. The van der Waals surface area contributed by atoms with Gasteiger partial charge in [0.15, 0.2) is 5.92 Å². The van der Waals surface area contributed by atoms with E-state index in [9.17, 15) is 19.7 Å². The third kappa shape index (κ3) is 3.53. The van der Waals surface area contributed by atoms with E-state index in [1.165, 1.54) is 12.1 Å². The van der Waals surface area contributed by atoms with Gasteiger partial charge in [0.05, 0.1) is 23.6 Å². The molecule has 20 heavy (non-hydrogen) atoms. The maximum absolute atomic E-state index is 11.6. The van der Waals surface area contributed by atoms with Crippen LogP contribution in [0.4, 0.5) is 5.69 Å². The van der Waals surface area contributed by atoms with Gasteiger partial charge in [0.1, 0.15) is 0 Å². The van der Waals surface area contributed by atoms with Gasteiger partial charge >= 0.3 is 11.9 Å². The molecule has 0 aromatic heterocycles. The topological polar surface area (TPSA) is 95.7 Å². The molecular formula is C12H12BrNO6. The summed E-state index contributed by atoms with van der Waals surface area (Å²) in [4.78, 5) is 33.4. The molecule has 0 saturated heterocycles. The first-order chi connectivity index (χ1) is 9.42. The van der Waals surface area contributed by atoms with E-state index in [2.05, 4.69) is 25.4 Å². The molecule has 0 bridgehead atoms. The molecule has 8 heteroatoms. The summed E-state index contributed by atoms with van der Waals surface area (Å²) < 4.78 is 9.30. The van der Waals surface area contributed by atoms with E-state index in [0.29, 0.717) is 5.56 Å². The smallest absolute Gasteiger partial charge is 0.320 e. The van der Waals surface area contributed by atoms with Gasteiger partial charge < -0.3 is 9.47 Å². The summed E-state index contributed by atoms with van der Waals surface area (Å²) in [5, 5.41) is 10.8. The van der Waals surface area contributed by atoms with E-state index in [0.717, 1.165) is 14.2 Å². The van der Waals surface area contributed by atoms with Crippen LogP contribution >= 0.6 is 15.9 Å². The van der Waals surface area contributed by atoms with E-state index in [1.807, 2.05) is 0 Å². The van der Waals surface area contributed by atoms with Gasteiger partial charge in [-0.1, -0.05) is 12.1 Å². The zero-order valence-electron chi connectivity index (χ0n) is 10.8. The zero-order valence-corrected chi connectivity index (χ0v) is 12.4. The minimum atomic E-state index is -1.16. The first kappa shape index (κ1) is 16.1. The van der Waals surface area contributed by atoms with E-state index in [1.54, 1.807) is 6.07 Å². The lowest BCUT2D eigenvalue weighted by Gasteiger charge is -2.13. The van der Waals surface area contributed by atoms with Crippen molar-refractivity contribution in [2.45, 2.75) is 6.42 Å². The van der Waals surface area contributed by atoms with Gasteiger partial charge in [-0.2, -0.15) is 0 Å². The van der Waals surface area contributed by atoms with Gasteiger partial charge in [-0.05, 0) is 27.9 Å². The Hall–Kier alpha value is -1.96. The van der Waals surface area contributed by atoms with Crippen LogP contribution in [0.5, 0.6) is 0 Å². The second-order valence-corrected chi connectivity index (χ2v) is 4.60. The molecule has 0 amide bonds. The zero-order chi connectivity index (χ0) is 15.3. The van der Waals surface area contributed by atoms with Crippen LogP contribution in [-0.2, 0) is 25.5 Å². The number of nitro groups is 1. The van der Waals surface area contributed by atoms with Crippen LogP contribution in [0.2, 0.25) is 0 Å².